The molecule has 0 radical (unpaired) electrons. The predicted molar refractivity (Wildman–Crippen MR) is 93.3 cm³/mol. The molecule has 0 unspecified atom stereocenters. The third kappa shape index (κ3) is 3.53. The highest BCUT2D eigenvalue weighted by atomic mass is 32.2. The van der Waals surface area contributed by atoms with Gasteiger partial charge in [0.05, 0.1) is 16.7 Å². The molecule has 0 aromatic heterocycles. The Morgan fingerprint density at radius 3 is 2.31 bits per heavy atom. The lowest BCUT2D eigenvalue weighted by Crippen LogP contribution is -2.52. The molecule has 1 aliphatic carbocycles. The number of carbonyl (C=O) groups is 1. The normalized spacial score (nSPS) is 15.4. The molecule has 134 valence electrons. The highest BCUT2D eigenvalue weighted by Crippen LogP contribution is 2.31. The Morgan fingerprint density at radius 1 is 1.12 bits per heavy atom. The van der Waals surface area contributed by atoms with Crippen molar-refractivity contribution < 1.29 is 17.6 Å². The predicted octanol–water partition coefficient (Wildman–Crippen LogP) is 2.80. The fourth-order valence-corrected chi connectivity index (χ4v) is 3.68. The van der Waals surface area contributed by atoms with Gasteiger partial charge in [0.1, 0.15) is 11.4 Å². The average Bonchev–Trinajstić information content (AvgIpc) is 2.60. The van der Waals surface area contributed by atoms with E-state index in [0.29, 0.717) is 12.8 Å². The van der Waals surface area contributed by atoms with Crippen molar-refractivity contribution >= 4 is 21.6 Å². The summed E-state index contributed by atoms with van der Waals surface area (Å²) in [5.74, 6) is -1.12. The van der Waals surface area contributed by atoms with Crippen LogP contribution in [0.15, 0.2) is 53.4 Å². The molecule has 0 atom stereocenters. The zero-order valence-electron chi connectivity index (χ0n) is 13.7. The number of nitrogens with zero attached hydrogens (tertiary/aromatic N) is 1. The summed E-state index contributed by atoms with van der Waals surface area (Å²) in [6.07, 6.45) is 2.09. The Morgan fingerprint density at radius 2 is 1.77 bits per heavy atom. The van der Waals surface area contributed by atoms with Crippen molar-refractivity contribution in [1.29, 1.82) is 5.26 Å². The number of anilines is 1. The quantitative estimate of drug-likeness (QED) is 0.842. The SMILES string of the molecule is N#CC1(NC(=O)c2ccc(S(=O)(=O)Nc3ccccc3F)cc2)CCC1. The molecule has 26 heavy (non-hydrogen) atoms. The fourth-order valence-electron chi connectivity index (χ4n) is 2.62. The van der Waals surface area contributed by atoms with Crippen molar-refractivity contribution in [2.75, 3.05) is 4.72 Å². The van der Waals surface area contributed by atoms with Gasteiger partial charge in [0.15, 0.2) is 0 Å². The lowest BCUT2D eigenvalue weighted by molar-refractivity contribution is 0.0881. The van der Waals surface area contributed by atoms with Crippen LogP contribution in [0.3, 0.4) is 0 Å². The van der Waals surface area contributed by atoms with Crippen molar-refractivity contribution in [2.24, 2.45) is 0 Å². The molecule has 2 aromatic rings. The minimum atomic E-state index is -3.99. The molecular weight excluding hydrogens is 357 g/mol. The van der Waals surface area contributed by atoms with E-state index in [4.69, 9.17) is 5.26 Å². The Kier molecular flexibility index (Phi) is 4.66. The van der Waals surface area contributed by atoms with Gasteiger partial charge in [0.25, 0.3) is 15.9 Å². The largest absolute Gasteiger partial charge is 0.334 e. The summed E-state index contributed by atoms with van der Waals surface area (Å²) in [5.41, 5.74) is -0.736. The zero-order valence-corrected chi connectivity index (χ0v) is 14.5. The van der Waals surface area contributed by atoms with Crippen LogP contribution in [0.25, 0.3) is 0 Å². The van der Waals surface area contributed by atoms with Crippen molar-refractivity contribution in [1.82, 2.24) is 5.32 Å². The Hall–Kier alpha value is -2.92. The first-order valence-corrected chi connectivity index (χ1v) is 9.45. The number of amides is 1. The molecule has 3 rings (SSSR count). The summed E-state index contributed by atoms with van der Waals surface area (Å²) in [6, 6.07) is 12.8. The fraction of sp³-hybridized carbons (Fsp3) is 0.222. The molecule has 6 nitrogen and oxygen atoms in total. The molecule has 0 bridgehead atoms. The van der Waals surface area contributed by atoms with Crippen LogP contribution >= 0.6 is 0 Å². The molecular formula is C18H16FN3O3S. The molecule has 1 amide bonds. The van der Waals surface area contributed by atoms with Crippen LogP contribution < -0.4 is 10.0 Å². The maximum absolute atomic E-state index is 13.6. The van der Waals surface area contributed by atoms with Crippen LogP contribution in [0.5, 0.6) is 0 Å². The molecule has 2 aromatic carbocycles. The average molecular weight is 373 g/mol. The van der Waals surface area contributed by atoms with Crippen LogP contribution in [-0.4, -0.2) is 19.9 Å². The third-order valence-corrected chi connectivity index (χ3v) is 5.70. The molecule has 1 aliphatic rings. The van der Waals surface area contributed by atoms with Crippen LogP contribution in [-0.2, 0) is 10.0 Å². The van der Waals surface area contributed by atoms with Crippen LogP contribution in [0, 0.1) is 17.1 Å². The number of para-hydroxylation sites is 1. The second-order valence-electron chi connectivity index (χ2n) is 6.11. The molecule has 0 saturated heterocycles. The van der Waals surface area contributed by atoms with Crippen LogP contribution in [0.1, 0.15) is 29.6 Å². The Balaban J connectivity index is 1.75. The van der Waals surface area contributed by atoms with E-state index in [-0.39, 0.29) is 16.1 Å². The topological polar surface area (TPSA) is 99.1 Å². The van der Waals surface area contributed by atoms with Gasteiger partial charge in [-0.1, -0.05) is 12.1 Å². The molecule has 2 N–H and O–H groups in total. The van der Waals surface area contributed by atoms with Crippen molar-refractivity contribution in [3.63, 3.8) is 0 Å². The summed E-state index contributed by atoms with van der Waals surface area (Å²) in [5, 5.41) is 11.8. The molecule has 0 aliphatic heterocycles. The van der Waals surface area contributed by atoms with Gasteiger partial charge >= 0.3 is 0 Å². The first kappa shape index (κ1) is 17.9. The minimum absolute atomic E-state index is 0.101. The maximum atomic E-state index is 13.6. The van der Waals surface area contributed by atoms with E-state index >= 15 is 0 Å². The summed E-state index contributed by atoms with van der Waals surface area (Å²) in [7, 11) is -3.99. The van der Waals surface area contributed by atoms with Crippen molar-refractivity contribution in [2.45, 2.75) is 29.7 Å². The van der Waals surface area contributed by atoms with Crippen LogP contribution in [0.4, 0.5) is 10.1 Å². The second kappa shape index (κ2) is 6.77. The Bertz CT molecular complexity index is 977. The van der Waals surface area contributed by atoms with E-state index in [0.717, 1.165) is 12.5 Å². The first-order valence-electron chi connectivity index (χ1n) is 7.96. The molecule has 1 fully saturated rings. The minimum Gasteiger partial charge on any atom is -0.334 e. The first-order chi connectivity index (χ1) is 12.4. The second-order valence-corrected chi connectivity index (χ2v) is 7.79. The third-order valence-electron chi connectivity index (χ3n) is 4.32. The summed E-state index contributed by atoms with van der Waals surface area (Å²) < 4.78 is 40.5. The number of benzene rings is 2. The van der Waals surface area contributed by atoms with E-state index in [1.807, 2.05) is 0 Å². The van der Waals surface area contributed by atoms with Crippen LogP contribution in [0.2, 0.25) is 0 Å². The van der Waals surface area contributed by atoms with Gasteiger partial charge in [0.2, 0.25) is 0 Å². The van der Waals surface area contributed by atoms with E-state index in [1.54, 1.807) is 0 Å². The smallest absolute Gasteiger partial charge is 0.261 e. The van der Waals surface area contributed by atoms with E-state index in [1.165, 1.54) is 42.5 Å². The maximum Gasteiger partial charge on any atom is 0.261 e. The summed E-state index contributed by atoms with van der Waals surface area (Å²) >= 11 is 0. The number of hydrogen-bond acceptors (Lipinski definition) is 4. The number of nitrogens with one attached hydrogen (secondary N) is 2. The highest BCUT2D eigenvalue weighted by Gasteiger charge is 2.38. The number of halogens is 1. The van der Waals surface area contributed by atoms with Gasteiger partial charge in [-0.25, -0.2) is 12.8 Å². The molecule has 8 heteroatoms. The lowest BCUT2D eigenvalue weighted by atomic mass is 9.78. The Labute approximate surface area is 150 Å². The number of rotatable bonds is 5. The number of hydrogen-bond donors (Lipinski definition) is 2. The lowest BCUT2D eigenvalue weighted by Gasteiger charge is -2.35. The van der Waals surface area contributed by atoms with Gasteiger partial charge in [-0.2, -0.15) is 5.26 Å². The van der Waals surface area contributed by atoms with E-state index < -0.39 is 27.3 Å². The zero-order chi connectivity index (χ0) is 18.8. The monoisotopic (exact) mass is 373 g/mol. The van der Waals surface area contributed by atoms with Gasteiger partial charge in [-0.15, -0.1) is 0 Å². The number of nitriles is 1. The van der Waals surface area contributed by atoms with Gasteiger partial charge < -0.3 is 5.32 Å². The molecule has 0 spiro atoms. The highest BCUT2D eigenvalue weighted by molar-refractivity contribution is 7.92. The van der Waals surface area contributed by atoms with Gasteiger partial charge in [-0.05, 0) is 55.7 Å². The molecule has 1 saturated carbocycles. The summed E-state index contributed by atoms with van der Waals surface area (Å²) in [6.45, 7) is 0. The molecule has 0 heterocycles. The van der Waals surface area contributed by atoms with E-state index in [9.17, 15) is 17.6 Å². The van der Waals surface area contributed by atoms with Gasteiger partial charge in [0, 0.05) is 5.56 Å². The number of sulfonamides is 1. The van der Waals surface area contributed by atoms with Crippen molar-refractivity contribution in [3.8, 4) is 6.07 Å². The number of carbonyl (C=O) groups excluding carboxylic acids is 1. The van der Waals surface area contributed by atoms with E-state index in [2.05, 4.69) is 16.1 Å². The summed E-state index contributed by atoms with van der Waals surface area (Å²) in [4.78, 5) is 12.1. The van der Waals surface area contributed by atoms with Gasteiger partial charge in [-0.3, -0.25) is 9.52 Å². The van der Waals surface area contributed by atoms with Crippen molar-refractivity contribution in [3.05, 3.63) is 59.9 Å². The standard InChI is InChI=1S/C18H16FN3O3S/c19-15-4-1-2-5-16(15)22-26(24,25)14-8-6-13(7-9-14)17(23)21-18(12-20)10-3-11-18/h1-2,4-9,22H,3,10-11H2,(H,21,23).